The summed E-state index contributed by atoms with van der Waals surface area (Å²) >= 11 is 0. The number of hydrogen-bond donors (Lipinski definition) is 1. The normalized spacial score (nSPS) is 18.5. The van der Waals surface area contributed by atoms with Crippen molar-refractivity contribution >= 4 is 6.09 Å². The SMILES string of the molecule is CC(C)(C)OC(=O)N1CCNCC1c1ccc(-c2ncon2)cc1. The summed E-state index contributed by atoms with van der Waals surface area (Å²) in [5, 5.41) is 7.16. The van der Waals surface area contributed by atoms with Gasteiger partial charge in [-0.15, -0.1) is 0 Å². The average molecular weight is 330 g/mol. The van der Waals surface area contributed by atoms with Crippen LogP contribution in [0.25, 0.3) is 11.4 Å². The number of nitrogens with one attached hydrogen (secondary N) is 1. The van der Waals surface area contributed by atoms with Crippen molar-refractivity contribution in [1.82, 2.24) is 20.4 Å². The molecule has 0 aliphatic carbocycles. The van der Waals surface area contributed by atoms with Gasteiger partial charge in [0.2, 0.25) is 12.2 Å². The Morgan fingerprint density at radius 2 is 2.08 bits per heavy atom. The highest BCUT2D eigenvalue weighted by molar-refractivity contribution is 5.69. The van der Waals surface area contributed by atoms with E-state index < -0.39 is 5.60 Å². The molecule has 0 radical (unpaired) electrons. The van der Waals surface area contributed by atoms with Gasteiger partial charge in [-0.25, -0.2) is 4.79 Å². The van der Waals surface area contributed by atoms with Crippen LogP contribution in [0.1, 0.15) is 32.4 Å². The molecule has 0 bridgehead atoms. The second-order valence-corrected chi connectivity index (χ2v) is 6.77. The van der Waals surface area contributed by atoms with Gasteiger partial charge in [0.15, 0.2) is 0 Å². The molecule has 7 nitrogen and oxygen atoms in total. The molecule has 0 saturated carbocycles. The lowest BCUT2D eigenvalue weighted by Crippen LogP contribution is -2.50. The summed E-state index contributed by atoms with van der Waals surface area (Å²) in [5.74, 6) is 0.548. The fraction of sp³-hybridized carbons (Fsp3) is 0.471. The molecular formula is C17H22N4O3. The second-order valence-electron chi connectivity index (χ2n) is 6.77. The van der Waals surface area contributed by atoms with E-state index in [1.165, 1.54) is 6.39 Å². The molecule has 3 rings (SSSR count). The number of carbonyl (C=O) groups excluding carboxylic acids is 1. The molecule has 1 aromatic heterocycles. The minimum atomic E-state index is -0.505. The van der Waals surface area contributed by atoms with Crippen molar-refractivity contribution in [2.75, 3.05) is 19.6 Å². The standard InChI is InChI=1S/C17H22N4O3/c1-17(2,3)24-16(22)21-9-8-18-10-14(21)12-4-6-13(7-5-12)15-19-11-23-20-15/h4-7,11,14,18H,8-10H2,1-3H3. The van der Waals surface area contributed by atoms with Gasteiger partial charge in [0.1, 0.15) is 5.60 Å². The van der Waals surface area contributed by atoms with E-state index in [9.17, 15) is 4.79 Å². The highest BCUT2D eigenvalue weighted by Gasteiger charge is 2.31. The maximum atomic E-state index is 12.5. The lowest BCUT2D eigenvalue weighted by atomic mass is 10.0. The fourth-order valence-electron chi connectivity index (χ4n) is 2.69. The third kappa shape index (κ3) is 3.73. The summed E-state index contributed by atoms with van der Waals surface area (Å²) in [4.78, 5) is 18.3. The van der Waals surface area contributed by atoms with Gasteiger partial charge in [-0.3, -0.25) is 4.90 Å². The summed E-state index contributed by atoms with van der Waals surface area (Å²) < 4.78 is 10.3. The predicted molar refractivity (Wildman–Crippen MR) is 88.3 cm³/mol. The van der Waals surface area contributed by atoms with Crippen LogP contribution < -0.4 is 5.32 Å². The fourth-order valence-corrected chi connectivity index (χ4v) is 2.69. The zero-order valence-electron chi connectivity index (χ0n) is 14.2. The van der Waals surface area contributed by atoms with Crippen LogP contribution in [0.5, 0.6) is 0 Å². The van der Waals surface area contributed by atoms with Crippen LogP contribution in [-0.4, -0.2) is 46.4 Å². The number of aromatic nitrogens is 2. The van der Waals surface area contributed by atoms with E-state index in [-0.39, 0.29) is 12.1 Å². The first kappa shape index (κ1) is 16.4. The summed E-state index contributed by atoms with van der Waals surface area (Å²) in [7, 11) is 0. The van der Waals surface area contributed by atoms with Crippen LogP contribution in [0.3, 0.4) is 0 Å². The molecular weight excluding hydrogens is 308 g/mol. The molecule has 1 N–H and O–H groups in total. The molecule has 2 aromatic rings. The van der Waals surface area contributed by atoms with Crippen molar-refractivity contribution in [1.29, 1.82) is 0 Å². The molecule has 1 unspecified atom stereocenters. The van der Waals surface area contributed by atoms with Crippen LogP contribution in [0, 0.1) is 0 Å². The quantitative estimate of drug-likeness (QED) is 0.912. The number of nitrogens with zero attached hydrogens (tertiary/aromatic N) is 3. The molecule has 0 spiro atoms. The van der Waals surface area contributed by atoms with E-state index in [2.05, 4.69) is 15.5 Å². The number of carbonyl (C=O) groups is 1. The number of ether oxygens (including phenoxy) is 1. The first-order valence-corrected chi connectivity index (χ1v) is 8.01. The van der Waals surface area contributed by atoms with Crippen molar-refractivity contribution in [2.45, 2.75) is 32.4 Å². The Kier molecular flexibility index (Phi) is 4.53. The van der Waals surface area contributed by atoms with E-state index >= 15 is 0 Å². The number of piperazine rings is 1. The molecule has 1 atom stereocenters. The van der Waals surface area contributed by atoms with Crippen molar-refractivity contribution in [3.63, 3.8) is 0 Å². The van der Waals surface area contributed by atoms with Gasteiger partial charge >= 0.3 is 6.09 Å². The second kappa shape index (κ2) is 6.60. The molecule has 1 amide bonds. The number of rotatable bonds is 2. The monoisotopic (exact) mass is 330 g/mol. The topological polar surface area (TPSA) is 80.5 Å². The first-order chi connectivity index (χ1) is 11.4. The maximum absolute atomic E-state index is 12.5. The van der Waals surface area contributed by atoms with Gasteiger partial charge in [0.05, 0.1) is 6.04 Å². The van der Waals surface area contributed by atoms with Crippen LogP contribution >= 0.6 is 0 Å². The molecule has 128 valence electrons. The van der Waals surface area contributed by atoms with Gasteiger partial charge in [-0.2, -0.15) is 4.98 Å². The summed E-state index contributed by atoms with van der Waals surface area (Å²) in [5.41, 5.74) is 1.41. The van der Waals surface area contributed by atoms with Crippen molar-refractivity contribution < 1.29 is 14.1 Å². The summed E-state index contributed by atoms with van der Waals surface area (Å²) in [6, 6.07) is 7.78. The number of benzene rings is 1. The van der Waals surface area contributed by atoms with Gasteiger partial charge in [0.25, 0.3) is 0 Å². The smallest absolute Gasteiger partial charge is 0.410 e. The molecule has 2 heterocycles. The Hall–Kier alpha value is -2.41. The minimum absolute atomic E-state index is 0.0621. The van der Waals surface area contributed by atoms with Gasteiger partial charge in [0, 0.05) is 25.2 Å². The molecule has 1 aliphatic rings. The number of hydrogen-bond acceptors (Lipinski definition) is 6. The van der Waals surface area contributed by atoms with Crippen LogP contribution in [-0.2, 0) is 4.74 Å². The molecule has 24 heavy (non-hydrogen) atoms. The Morgan fingerprint density at radius 1 is 1.33 bits per heavy atom. The highest BCUT2D eigenvalue weighted by Crippen LogP contribution is 2.26. The van der Waals surface area contributed by atoms with Gasteiger partial charge < -0.3 is 14.6 Å². The minimum Gasteiger partial charge on any atom is -0.444 e. The van der Waals surface area contributed by atoms with Crippen molar-refractivity contribution in [3.05, 3.63) is 36.2 Å². The lowest BCUT2D eigenvalue weighted by molar-refractivity contribution is 0.0118. The Balaban J connectivity index is 1.79. The third-order valence-corrected chi connectivity index (χ3v) is 3.79. The lowest BCUT2D eigenvalue weighted by Gasteiger charge is -2.37. The third-order valence-electron chi connectivity index (χ3n) is 3.79. The average Bonchev–Trinajstić information content (AvgIpc) is 3.08. The first-order valence-electron chi connectivity index (χ1n) is 8.01. The van der Waals surface area contributed by atoms with Crippen LogP contribution in [0.15, 0.2) is 35.2 Å². The van der Waals surface area contributed by atoms with E-state index in [1.54, 1.807) is 4.90 Å². The largest absolute Gasteiger partial charge is 0.444 e. The molecule has 7 heteroatoms. The van der Waals surface area contributed by atoms with Gasteiger partial charge in [-0.05, 0) is 26.3 Å². The Labute approximate surface area is 141 Å². The van der Waals surface area contributed by atoms with Gasteiger partial charge in [-0.1, -0.05) is 29.4 Å². The highest BCUT2D eigenvalue weighted by atomic mass is 16.6. The zero-order chi connectivity index (χ0) is 17.2. The molecule has 1 saturated heterocycles. The zero-order valence-corrected chi connectivity index (χ0v) is 14.2. The van der Waals surface area contributed by atoms with E-state index in [0.29, 0.717) is 18.9 Å². The summed E-state index contributed by atoms with van der Waals surface area (Å²) in [6.45, 7) is 7.70. The van der Waals surface area contributed by atoms with Crippen LogP contribution in [0.4, 0.5) is 4.79 Å². The Bertz CT molecular complexity index is 677. The summed E-state index contributed by atoms with van der Waals surface area (Å²) in [6.07, 6.45) is 1.02. The van der Waals surface area contributed by atoms with E-state index in [1.807, 2.05) is 45.0 Å². The van der Waals surface area contributed by atoms with E-state index in [4.69, 9.17) is 9.26 Å². The predicted octanol–water partition coefficient (Wildman–Crippen LogP) is 2.62. The van der Waals surface area contributed by atoms with Crippen LogP contribution in [0.2, 0.25) is 0 Å². The molecule has 1 fully saturated rings. The Morgan fingerprint density at radius 3 is 2.71 bits per heavy atom. The number of amides is 1. The molecule has 1 aliphatic heterocycles. The maximum Gasteiger partial charge on any atom is 0.410 e. The van der Waals surface area contributed by atoms with E-state index in [0.717, 1.165) is 17.7 Å². The molecule has 1 aromatic carbocycles. The van der Waals surface area contributed by atoms with Crippen molar-refractivity contribution in [3.8, 4) is 11.4 Å². The van der Waals surface area contributed by atoms with Crippen molar-refractivity contribution in [2.24, 2.45) is 0 Å².